The van der Waals surface area contributed by atoms with Crippen molar-refractivity contribution in [2.24, 2.45) is 0 Å². The Bertz CT molecular complexity index is 428. The van der Waals surface area contributed by atoms with Crippen molar-refractivity contribution in [2.75, 3.05) is 20.2 Å². The first-order chi connectivity index (χ1) is 9.60. The Morgan fingerprint density at radius 3 is 2.60 bits per heavy atom. The maximum atomic E-state index is 6.15. The molecule has 3 nitrogen and oxygen atoms in total. The van der Waals surface area contributed by atoms with Gasteiger partial charge in [0.1, 0.15) is 5.75 Å². The molecule has 4 heteroatoms. The third-order valence-corrected chi connectivity index (χ3v) is 4.37. The molecule has 2 rings (SSSR count). The van der Waals surface area contributed by atoms with E-state index >= 15 is 0 Å². The second kappa shape index (κ2) is 7.30. The van der Waals surface area contributed by atoms with Gasteiger partial charge in [-0.1, -0.05) is 17.7 Å². The Balaban J connectivity index is 1.80. The number of nitrogens with zero attached hydrogens (tertiary/aromatic N) is 1. The molecule has 1 N–H and O–H groups in total. The minimum Gasteiger partial charge on any atom is -0.495 e. The molecule has 20 heavy (non-hydrogen) atoms. The molecule has 1 aromatic carbocycles. The number of benzene rings is 1. The van der Waals surface area contributed by atoms with Crippen molar-refractivity contribution in [3.63, 3.8) is 0 Å². The number of piperidine rings is 1. The van der Waals surface area contributed by atoms with E-state index in [1.807, 2.05) is 12.1 Å². The number of nitrogens with one attached hydrogen (secondary N) is 1. The molecule has 1 saturated heterocycles. The van der Waals surface area contributed by atoms with Crippen molar-refractivity contribution in [2.45, 2.75) is 45.3 Å². The van der Waals surface area contributed by atoms with E-state index in [4.69, 9.17) is 16.3 Å². The predicted octanol–water partition coefficient (Wildman–Crippen LogP) is 3.31. The molecule has 0 saturated carbocycles. The summed E-state index contributed by atoms with van der Waals surface area (Å²) in [5.74, 6) is 0.737. The van der Waals surface area contributed by atoms with Gasteiger partial charge in [-0.25, -0.2) is 0 Å². The van der Waals surface area contributed by atoms with Crippen molar-refractivity contribution in [3.8, 4) is 5.75 Å². The lowest BCUT2D eigenvalue weighted by Crippen LogP contribution is -2.44. The van der Waals surface area contributed by atoms with Gasteiger partial charge in [0.2, 0.25) is 0 Å². The molecule has 1 aromatic rings. The summed E-state index contributed by atoms with van der Waals surface area (Å²) in [7, 11) is 1.64. The first-order valence-corrected chi connectivity index (χ1v) is 7.77. The van der Waals surface area contributed by atoms with Gasteiger partial charge in [0.15, 0.2) is 0 Å². The van der Waals surface area contributed by atoms with Gasteiger partial charge in [0, 0.05) is 18.6 Å². The fraction of sp³-hybridized carbons (Fsp3) is 0.625. The van der Waals surface area contributed by atoms with Crippen molar-refractivity contribution < 1.29 is 4.74 Å². The van der Waals surface area contributed by atoms with Crippen LogP contribution in [0.4, 0.5) is 0 Å². The average molecular weight is 297 g/mol. The molecule has 0 amide bonds. The van der Waals surface area contributed by atoms with E-state index in [0.717, 1.165) is 12.3 Å². The zero-order valence-corrected chi connectivity index (χ0v) is 13.4. The average Bonchev–Trinajstić information content (AvgIpc) is 2.45. The van der Waals surface area contributed by atoms with Crippen LogP contribution in [0.5, 0.6) is 5.75 Å². The molecule has 1 fully saturated rings. The number of methoxy groups -OCH3 is 1. The van der Waals surface area contributed by atoms with Gasteiger partial charge >= 0.3 is 0 Å². The van der Waals surface area contributed by atoms with Gasteiger partial charge in [-0.15, -0.1) is 0 Å². The summed E-state index contributed by atoms with van der Waals surface area (Å²) in [6.07, 6.45) is 2.45. The van der Waals surface area contributed by atoms with Crippen LogP contribution in [0.2, 0.25) is 5.02 Å². The Hall–Kier alpha value is -0.770. The fourth-order valence-corrected chi connectivity index (χ4v) is 2.98. The molecule has 112 valence electrons. The molecule has 0 bridgehead atoms. The molecule has 1 aliphatic heterocycles. The molecular formula is C16H25ClN2O. The smallest absolute Gasteiger partial charge is 0.137 e. The Morgan fingerprint density at radius 2 is 2.05 bits per heavy atom. The van der Waals surface area contributed by atoms with Crippen LogP contribution in [0.1, 0.15) is 32.3 Å². The van der Waals surface area contributed by atoms with E-state index in [2.05, 4.69) is 30.1 Å². The van der Waals surface area contributed by atoms with Crippen molar-refractivity contribution in [1.82, 2.24) is 10.2 Å². The summed E-state index contributed by atoms with van der Waals surface area (Å²) in [4.78, 5) is 2.54. The Kier molecular flexibility index (Phi) is 5.70. The summed E-state index contributed by atoms with van der Waals surface area (Å²) in [6, 6.07) is 7.26. The first-order valence-electron chi connectivity index (χ1n) is 7.40. The van der Waals surface area contributed by atoms with Crippen molar-refractivity contribution in [3.05, 3.63) is 28.8 Å². The highest BCUT2D eigenvalue weighted by Gasteiger charge is 2.20. The van der Waals surface area contributed by atoms with Gasteiger partial charge in [-0.05, 0) is 57.5 Å². The van der Waals surface area contributed by atoms with Gasteiger partial charge < -0.3 is 15.0 Å². The van der Waals surface area contributed by atoms with Crippen LogP contribution in [0.25, 0.3) is 0 Å². The van der Waals surface area contributed by atoms with Crippen LogP contribution in [0.15, 0.2) is 18.2 Å². The van der Waals surface area contributed by atoms with E-state index in [1.54, 1.807) is 7.11 Å². The summed E-state index contributed by atoms with van der Waals surface area (Å²) in [5, 5.41) is 4.32. The maximum Gasteiger partial charge on any atom is 0.137 e. The number of likely N-dealkylation sites (tertiary alicyclic amines) is 1. The van der Waals surface area contributed by atoms with E-state index in [1.165, 1.54) is 31.5 Å². The summed E-state index contributed by atoms with van der Waals surface area (Å²) < 4.78 is 5.17. The second-order valence-electron chi connectivity index (χ2n) is 5.75. The first kappa shape index (κ1) is 15.6. The van der Waals surface area contributed by atoms with Crippen LogP contribution in [0, 0.1) is 0 Å². The SMILES string of the molecule is COc1ccc(CNC2CCN(C(C)C)CC2)cc1Cl. The van der Waals surface area contributed by atoms with Crippen LogP contribution in [-0.4, -0.2) is 37.2 Å². The lowest BCUT2D eigenvalue weighted by atomic mass is 10.0. The van der Waals surface area contributed by atoms with E-state index in [0.29, 0.717) is 17.1 Å². The normalized spacial score (nSPS) is 17.6. The van der Waals surface area contributed by atoms with Gasteiger partial charge in [0.05, 0.1) is 12.1 Å². The third kappa shape index (κ3) is 4.11. The van der Waals surface area contributed by atoms with Crippen LogP contribution in [-0.2, 0) is 6.54 Å². The molecule has 1 heterocycles. The molecule has 0 radical (unpaired) electrons. The highest BCUT2D eigenvalue weighted by atomic mass is 35.5. The number of ether oxygens (including phenoxy) is 1. The van der Waals surface area contributed by atoms with Crippen molar-refractivity contribution in [1.29, 1.82) is 0 Å². The number of hydrogen-bond acceptors (Lipinski definition) is 3. The van der Waals surface area contributed by atoms with E-state index in [-0.39, 0.29) is 0 Å². The zero-order chi connectivity index (χ0) is 14.5. The quantitative estimate of drug-likeness (QED) is 0.902. The van der Waals surface area contributed by atoms with Crippen LogP contribution >= 0.6 is 11.6 Å². The van der Waals surface area contributed by atoms with Crippen LogP contribution < -0.4 is 10.1 Å². The molecule has 0 aliphatic carbocycles. The van der Waals surface area contributed by atoms with E-state index < -0.39 is 0 Å². The molecule has 0 unspecified atom stereocenters. The summed E-state index contributed by atoms with van der Waals surface area (Å²) in [5.41, 5.74) is 1.21. The highest BCUT2D eigenvalue weighted by molar-refractivity contribution is 6.32. The standard InChI is InChI=1S/C16H25ClN2O/c1-12(2)19-8-6-14(7-9-19)18-11-13-4-5-16(20-3)15(17)10-13/h4-5,10,12,14,18H,6-9,11H2,1-3H3. The third-order valence-electron chi connectivity index (χ3n) is 4.07. The number of halogens is 1. The number of hydrogen-bond donors (Lipinski definition) is 1. The van der Waals surface area contributed by atoms with Crippen molar-refractivity contribution >= 4 is 11.6 Å². The molecular weight excluding hydrogens is 272 g/mol. The Morgan fingerprint density at radius 1 is 1.35 bits per heavy atom. The lowest BCUT2D eigenvalue weighted by Gasteiger charge is -2.35. The molecule has 0 aromatic heterocycles. The largest absolute Gasteiger partial charge is 0.495 e. The molecule has 0 atom stereocenters. The maximum absolute atomic E-state index is 6.15. The second-order valence-corrected chi connectivity index (χ2v) is 6.16. The minimum atomic E-state index is 0.617. The monoisotopic (exact) mass is 296 g/mol. The van der Waals surface area contributed by atoms with E-state index in [9.17, 15) is 0 Å². The topological polar surface area (TPSA) is 24.5 Å². The lowest BCUT2D eigenvalue weighted by molar-refractivity contribution is 0.161. The molecule has 1 aliphatic rings. The predicted molar refractivity (Wildman–Crippen MR) is 84.6 cm³/mol. The fourth-order valence-electron chi connectivity index (χ4n) is 2.70. The van der Waals surface area contributed by atoms with Gasteiger partial charge in [0.25, 0.3) is 0 Å². The summed E-state index contributed by atoms with van der Waals surface area (Å²) >= 11 is 6.15. The molecule has 0 spiro atoms. The van der Waals surface area contributed by atoms with Crippen LogP contribution in [0.3, 0.4) is 0 Å². The van der Waals surface area contributed by atoms with Gasteiger partial charge in [-0.2, -0.15) is 0 Å². The Labute approximate surface area is 127 Å². The van der Waals surface area contributed by atoms with Gasteiger partial charge in [-0.3, -0.25) is 0 Å². The minimum absolute atomic E-state index is 0.617. The zero-order valence-electron chi connectivity index (χ0n) is 12.7. The highest BCUT2D eigenvalue weighted by Crippen LogP contribution is 2.25. The number of rotatable bonds is 5. The summed E-state index contributed by atoms with van der Waals surface area (Å²) in [6.45, 7) is 7.80.